The van der Waals surface area contributed by atoms with Crippen LogP contribution in [0.4, 0.5) is 0 Å². The molecule has 0 unspecified atom stereocenters. The second kappa shape index (κ2) is 8.55. The smallest absolute Gasteiger partial charge is 0.320 e. The molecule has 1 atom stereocenters. The maximum Gasteiger partial charge on any atom is 0.320 e. The van der Waals surface area contributed by atoms with Crippen molar-refractivity contribution in [3.05, 3.63) is 72.1 Å². The highest BCUT2D eigenvalue weighted by Gasteiger charge is 2.28. The molecule has 0 spiro atoms. The van der Waals surface area contributed by atoms with Crippen LogP contribution < -0.4 is 0 Å². The number of furan rings is 1. The molecule has 32 heavy (non-hydrogen) atoms. The molecule has 1 aliphatic rings. The normalized spacial score (nSPS) is 17.0. The van der Waals surface area contributed by atoms with Crippen LogP contribution in [0.15, 0.2) is 65.2 Å². The van der Waals surface area contributed by atoms with Crippen molar-refractivity contribution >= 4 is 17.2 Å². The number of rotatable bonds is 5. The number of nitrogens with zero attached hydrogens (tertiary/aromatic N) is 3. The number of aromatic nitrogens is 2. The molecule has 2 aromatic carbocycles. The second-order valence-electron chi connectivity index (χ2n) is 8.33. The zero-order chi connectivity index (χ0) is 22.1. The van der Waals surface area contributed by atoms with Crippen LogP contribution in [0, 0.1) is 6.92 Å². The number of carboxylic acids is 1. The molecule has 6 nitrogen and oxygen atoms in total. The maximum atomic E-state index is 11.6. The minimum absolute atomic E-state index is 0.454. The van der Waals surface area contributed by atoms with Crippen molar-refractivity contribution in [2.24, 2.45) is 0 Å². The Hall–Kier alpha value is -3.51. The predicted molar refractivity (Wildman–Crippen MR) is 123 cm³/mol. The summed E-state index contributed by atoms with van der Waals surface area (Å²) < 4.78 is 6.05. The fourth-order valence-corrected chi connectivity index (χ4v) is 4.57. The van der Waals surface area contributed by atoms with Gasteiger partial charge in [0.15, 0.2) is 0 Å². The zero-order valence-corrected chi connectivity index (χ0v) is 18.0. The lowest BCUT2D eigenvalue weighted by Gasteiger charge is -2.32. The van der Waals surface area contributed by atoms with Gasteiger partial charge >= 0.3 is 5.97 Å². The molecule has 1 saturated heterocycles. The van der Waals surface area contributed by atoms with E-state index in [-0.39, 0.29) is 0 Å². The number of piperidine rings is 1. The molecule has 1 N–H and O–H groups in total. The van der Waals surface area contributed by atoms with Crippen molar-refractivity contribution in [2.75, 3.05) is 6.54 Å². The lowest BCUT2D eigenvalue weighted by molar-refractivity contribution is -0.144. The Bertz CT molecular complexity index is 1270. The summed E-state index contributed by atoms with van der Waals surface area (Å²) >= 11 is 0. The minimum Gasteiger partial charge on any atom is -0.480 e. The molecule has 4 aromatic rings. The van der Waals surface area contributed by atoms with E-state index in [1.165, 1.54) is 0 Å². The number of fused-ring (bicyclic) bond motifs is 1. The number of likely N-dealkylation sites (tertiary alicyclic amines) is 1. The third-order valence-electron chi connectivity index (χ3n) is 6.24. The van der Waals surface area contributed by atoms with Crippen LogP contribution in [0.2, 0.25) is 0 Å². The molecule has 1 fully saturated rings. The lowest BCUT2D eigenvalue weighted by Crippen LogP contribution is -2.44. The van der Waals surface area contributed by atoms with E-state index >= 15 is 0 Å². The molecule has 162 valence electrons. The molecule has 6 heteroatoms. The quantitative estimate of drug-likeness (QED) is 0.465. The summed E-state index contributed by atoms with van der Waals surface area (Å²) in [5.41, 5.74) is 6.40. The van der Waals surface area contributed by atoms with Gasteiger partial charge in [0.1, 0.15) is 17.3 Å². The van der Waals surface area contributed by atoms with Crippen molar-refractivity contribution < 1.29 is 14.3 Å². The van der Waals surface area contributed by atoms with Crippen molar-refractivity contribution in [1.29, 1.82) is 0 Å². The Labute approximate surface area is 186 Å². The van der Waals surface area contributed by atoms with E-state index in [1.807, 2.05) is 41.3 Å². The summed E-state index contributed by atoms with van der Waals surface area (Å²) in [5.74, 6) is -0.0353. The molecule has 1 aliphatic heterocycles. The van der Waals surface area contributed by atoms with Crippen LogP contribution in [0.25, 0.3) is 33.7 Å². The Morgan fingerprint density at radius 3 is 2.75 bits per heavy atom. The van der Waals surface area contributed by atoms with Crippen molar-refractivity contribution in [1.82, 2.24) is 14.9 Å². The van der Waals surface area contributed by atoms with E-state index in [2.05, 4.69) is 30.1 Å². The molecule has 3 heterocycles. The number of carbonyl (C=O) groups is 1. The van der Waals surface area contributed by atoms with Gasteiger partial charge in [-0.25, -0.2) is 9.97 Å². The van der Waals surface area contributed by atoms with Crippen LogP contribution in [-0.2, 0) is 11.3 Å². The van der Waals surface area contributed by atoms with Crippen molar-refractivity contribution in [3.8, 4) is 22.5 Å². The molecule has 0 radical (unpaired) electrons. The summed E-state index contributed by atoms with van der Waals surface area (Å²) in [5, 5.41) is 9.53. The van der Waals surface area contributed by atoms with E-state index in [1.54, 1.807) is 6.20 Å². The summed E-state index contributed by atoms with van der Waals surface area (Å²) in [4.78, 5) is 22.8. The molecule has 0 aliphatic carbocycles. The number of hydrogen-bond donors (Lipinski definition) is 1. The Balaban J connectivity index is 1.46. The fraction of sp³-hybridized carbons (Fsp3) is 0.269. The summed E-state index contributed by atoms with van der Waals surface area (Å²) in [6.07, 6.45) is 4.32. The van der Waals surface area contributed by atoms with E-state index in [0.29, 0.717) is 24.2 Å². The third-order valence-corrected chi connectivity index (χ3v) is 6.24. The standard InChI is InChI=1S/C26H25N3O3/c1-17-20(18-8-3-2-4-9-18)10-7-11-21(17)24-14-22-25(32-24)27-15-19(28-22)16-29-13-6-5-12-23(29)26(30)31/h2-4,7-11,14-15,23H,5-6,12-13,16H2,1H3,(H,30,31)/t23-/m0/s1. The predicted octanol–water partition coefficient (Wildman–Crippen LogP) is 5.30. The molecule has 2 aromatic heterocycles. The molecule has 5 rings (SSSR count). The first-order valence-electron chi connectivity index (χ1n) is 11.0. The highest BCUT2D eigenvalue weighted by Crippen LogP contribution is 2.34. The van der Waals surface area contributed by atoms with Gasteiger partial charge in [0, 0.05) is 18.2 Å². The van der Waals surface area contributed by atoms with Crippen LogP contribution in [0.5, 0.6) is 0 Å². The van der Waals surface area contributed by atoms with E-state index in [0.717, 1.165) is 53.1 Å². The Morgan fingerprint density at radius 1 is 1.12 bits per heavy atom. The van der Waals surface area contributed by atoms with Crippen LogP contribution in [0.1, 0.15) is 30.5 Å². The summed E-state index contributed by atoms with van der Waals surface area (Å²) in [6.45, 7) is 3.33. The summed E-state index contributed by atoms with van der Waals surface area (Å²) in [7, 11) is 0. The van der Waals surface area contributed by atoms with Gasteiger partial charge < -0.3 is 9.52 Å². The largest absolute Gasteiger partial charge is 0.480 e. The van der Waals surface area contributed by atoms with E-state index in [4.69, 9.17) is 9.40 Å². The number of benzene rings is 2. The highest BCUT2D eigenvalue weighted by atomic mass is 16.4. The first kappa shape index (κ1) is 20.4. The van der Waals surface area contributed by atoms with Crippen LogP contribution in [0.3, 0.4) is 0 Å². The maximum absolute atomic E-state index is 11.6. The molecule has 0 amide bonds. The van der Waals surface area contributed by atoms with Gasteiger partial charge in [0.05, 0.1) is 11.9 Å². The monoisotopic (exact) mass is 427 g/mol. The summed E-state index contributed by atoms with van der Waals surface area (Å²) in [6, 6.07) is 18.0. The lowest BCUT2D eigenvalue weighted by atomic mass is 9.95. The number of carboxylic acid groups (broad SMARTS) is 1. The van der Waals surface area contributed by atoms with Gasteiger partial charge in [-0.05, 0) is 43.0 Å². The van der Waals surface area contributed by atoms with Gasteiger partial charge in [-0.3, -0.25) is 9.69 Å². The molecular weight excluding hydrogens is 402 g/mol. The first-order chi connectivity index (χ1) is 15.6. The highest BCUT2D eigenvalue weighted by molar-refractivity contribution is 5.81. The molecular formula is C26H25N3O3. The Kier molecular flexibility index (Phi) is 5.45. The van der Waals surface area contributed by atoms with Gasteiger partial charge in [-0.2, -0.15) is 0 Å². The zero-order valence-electron chi connectivity index (χ0n) is 18.0. The fourth-order valence-electron chi connectivity index (χ4n) is 4.57. The Morgan fingerprint density at radius 2 is 1.94 bits per heavy atom. The number of aliphatic carboxylic acids is 1. The van der Waals surface area contributed by atoms with Gasteiger partial charge in [0.2, 0.25) is 5.71 Å². The van der Waals surface area contributed by atoms with Crippen LogP contribution in [-0.4, -0.2) is 38.5 Å². The second-order valence-corrected chi connectivity index (χ2v) is 8.33. The third kappa shape index (κ3) is 3.89. The minimum atomic E-state index is -0.766. The first-order valence-corrected chi connectivity index (χ1v) is 11.0. The van der Waals surface area contributed by atoms with E-state index < -0.39 is 12.0 Å². The number of hydrogen-bond acceptors (Lipinski definition) is 5. The van der Waals surface area contributed by atoms with Gasteiger partial charge in [-0.1, -0.05) is 55.0 Å². The average molecular weight is 428 g/mol. The van der Waals surface area contributed by atoms with Crippen LogP contribution >= 0.6 is 0 Å². The van der Waals surface area contributed by atoms with E-state index in [9.17, 15) is 9.90 Å². The SMILES string of the molecule is Cc1c(-c2ccccc2)cccc1-c1cc2nc(CN3CCCC[C@H]3C(=O)O)cnc2o1. The molecule has 0 bridgehead atoms. The van der Waals surface area contributed by atoms with Gasteiger partial charge in [-0.15, -0.1) is 0 Å². The molecule has 0 saturated carbocycles. The van der Waals surface area contributed by atoms with Gasteiger partial charge in [0.25, 0.3) is 0 Å². The van der Waals surface area contributed by atoms with Crippen molar-refractivity contribution in [3.63, 3.8) is 0 Å². The van der Waals surface area contributed by atoms with Crippen molar-refractivity contribution in [2.45, 2.75) is 38.8 Å². The average Bonchev–Trinajstić information content (AvgIpc) is 3.23. The topological polar surface area (TPSA) is 79.5 Å².